The number of nitro benzene ring substituents is 1. The first kappa shape index (κ1) is 15.9. The normalized spacial score (nSPS) is 12.1. The van der Waals surface area contributed by atoms with Crippen molar-refractivity contribution >= 4 is 49.7 Å². The molecule has 0 heterocycles. The van der Waals surface area contributed by atoms with Gasteiger partial charge in [0.05, 0.1) is 36.7 Å². The van der Waals surface area contributed by atoms with E-state index in [2.05, 4.69) is 15.9 Å². The zero-order valence-electron chi connectivity index (χ0n) is 10.6. The van der Waals surface area contributed by atoms with Crippen molar-refractivity contribution in [3.05, 3.63) is 61.6 Å². The van der Waals surface area contributed by atoms with Gasteiger partial charge in [-0.25, -0.2) is 0 Å². The standard InChI is InChI=1S/C13H10BrClN2O3S/c14-13-8(2-1-3-12(13)17(18)19)7-21(20)9-4-5-11(16)10(15)6-9/h1-6H,7,16H2. The number of hydrogen-bond acceptors (Lipinski definition) is 4. The summed E-state index contributed by atoms with van der Waals surface area (Å²) in [5, 5.41) is 11.2. The number of nitrogens with two attached hydrogens (primary N) is 1. The van der Waals surface area contributed by atoms with Gasteiger partial charge < -0.3 is 5.73 Å². The second-order valence-corrected chi connectivity index (χ2v) is 6.83. The van der Waals surface area contributed by atoms with Crippen LogP contribution >= 0.6 is 27.5 Å². The van der Waals surface area contributed by atoms with Gasteiger partial charge >= 0.3 is 0 Å². The number of hydrogen-bond donors (Lipinski definition) is 1. The van der Waals surface area contributed by atoms with E-state index in [-0.39, 0.29) is 11.4 Å². The molecule has 0 bridgehead atoms. The van der Waals surface area contributed by atoms with E-state index in [1.807, 2.05) is 0 Å². The molecule has 2 N–H and O–H groups in total. The molecule has 0 amide bonds. The molecule has 2 rings (SSSR count). The third-order valence-electron chi connectivity index (χ3n) is 2.78. The maximum absolute atomic E-state index is 12.3. The summed E-state index contributed by atoms with van der Waals surface area (Å²) in [5.41, 5.74) is 6.55. The molecule has 8 heteroatoms. The van der Waals surface area contributed by atoms with Gasteiger partial charge in [-0.05, 0) is 39.7 Å². The SMILES string of the molecule is Nc1ccc(S(=O)Cc2cccc([N+](=O)[O-])c2Br)cc1Cl. The molecule has 0 radical (unpaired) electrons. The van der Waals surface area contributed by atoms with Crippen LogP contribution < -0.4 is 5.73 Å². The van der Waals surface area contributed by atoms with Crippen LogP contribution in [-0.2, 0) is 16.6 Å². The van der Waals surface area contributed by atoms with E-state index in [0.29, 0.717) is 25.6 Å². The number of nitrogens with zero attached hydrogens (tertiary/aromatic N) is 1. The minimum Gasteiger partial charge on any atom is -0.398 e. The van der Waals surface area contributed by atoms with Gasteiger partial charge in [-0.15, -0.1) is 0 Å². The highest BCUT2D eigenvalue weighted by atomic mass is 79.9. The average molecular weight is 390 g/mol. The molecule has 21 heavy (non-hydrogen) atoms. The quantitative estimate of drug-likeness (QED) is 0.488. The fourth-order valence-corrected chi connectivity index (χ4v) is 3.83. The van der Waals surface area contributed by atoms with Gasteiger partial charge in [0.2, 0.25) is 0 Å². The predicted molar refractivity (Wildman–Crippen MR) is 86.8 cm³/mol. The van der Waals surface area contributed by atoms with Crippen LogP contribution in [0.1, 0.15) is 5.56 Å². The first-order valence-corrected chi connectivity index (χ1v) is 8.24. The summed E-state index contributed by atoms with van der Waals surface area (Å²) in [7, 11) is -1.38. The van der Waals surface area contributed by atoms with Gasteiger partial charge in [-0.1, -0.05) is 23.7 Å². The lowest BCUT2D eigenvalue weighted by Crippen LogP contribution is -2.00. The molecule has 1 atom stereocenters. The summed E-state index contributed by atoms with van der Waals surface area (Å²) in [4.78, 5) is 10.9. The number of nitro groups is 1. The molecule has 1 unspecified atom stereocenters. The van der Waals surface area contributed by atoms with Crippen LogP contribution in [0.3, 0.4) is 0 Å². The van der Waals surface area contributed by atoms with Crippen LogP contribution in [0.4, 0.5) is 11.4 Å². The molecule has 0 aromatic heterocycles. The van der Waals surface area contributed by atoms with Crippen molar-refractivity contribution in [1.82, 2.24) is 0 Å². The zero-order valence-corrected chi connectivity index (χ0v) is 13.7. The number of nitrogen functional groups attached to an aromatic ring is 1. The molecular weight excluding hydrogens is 380 g/mol. The monoisotopic (exact) mass is 388 g/mol. The van der Waals surface area contributed by atoms with Crippen molar-refractivity contribution in [2.24, 2.45) is 0 Å². The highest BCUT2D eigenvalue weighted by Gasteiger charge is 2.17. The number of anilines is 1. The van der Waals surface area contributed by atoms with Crippen LogP contribution in [0.15, 0.2) is 45.8 Å². The number of halogens is 2. The predicted octanol–water partition coefficient (Wildman–Crippen LogP) is 3.90. The zero-order chi connectivity index (χ0) is 15.6. The van der Waals surface area contributed by atoms with E-state index < -0.39 is 15.7 Å². The summed E-state index contributed by atoms with van der Waals surface area (Å²) in [6.07, 6.45) is 0. The van der Waals surface area contributed by atoms with E-state index in [4.69, 9.17) is 17.3 Å². The van der Waals surface area contributed by atoms with E-state index in [1.54, 1.807) is 24.3 Å². The van der Waals surface area contributed by atoms with Crippen LogP contribution in [0.2, 0.25) is 5.02 Å². The smallest absolute Gasteiger partial charge is 0.283 e. The van der Waals surface area contributed by atoms with Gasteiger partial charge in [0, 0.05) is 11.0 Å². The molecule has 0 aliphatic rings. The molecular formula is C13H10BrClN2O3S. The highest BCUT2D eigenvalue weighted by Crippen LogP contribution is 2.30. The fourth-order valence-electron chi connectivity index (χ4n) is 1.69. The maximum Gasteiger partial charge on any atom is 0.283 e. The molecule has 0 saturated carbocycles. The van der Waals surface area contributed by atoms with E-state index in [0.717, 1.165) is 0 Å². The highest BCUT2D eigenvalue weighted by molar-refractivity contribution is 9.10. The summed E-state index contributed by atoms with van der Waals surface area (Å²) < 4.78 is 12.7. The van der Waals surface area contributed by atoms with Crippen LogP contribution in [0, 0.1) is 10.1 Å². The molecule has 0 spiro atoms. The topological polar surface area (TPSA) is 86.2 Å². The molecule has 0 saturated heterocycles. The maximum atomic E-state index is 12.3. The summed E-state index contributed by atoms with van der Waals surface area (Å²) in [5.74, 6) is 0.141. The lowest BCUT2D eigenvalue weighted by atomic mass is 10.2. The molecule has 2 aromatic carbocycles. The summed E-state index contributed by atoms with van der Waals surface area (Å²) >= 11 is 9.09. The first-order valence-electron chi connectivity index (χ1n) is 5.75. The molecule has 2 aromatic rings. The van der Waals surface area contributed by atoms with Crippen molar-refractivity contribution in [2.75, 3.05) is 5.73 Å². The van der Waals surface area contributed by atoms with Gasteiger partial charge in [0.1, 0.15) is 0 Å². The number of rotatable bonds is 4. The largest absolute Gasteiger partial charge is 0.398 e. The van der Waals surface area contributed by atoms with Crippen molar-refractivity contribution in [3.63, 3.8) is 0 Å². The lowest BCUT2D eigenvalue weighted by Gasteiger charge is -2.07. The van der Waals surface area contributed by atoms with Crippen molar-refractivity contribution in [2.45, 2.75) is 10.6 Å². The third kappa shape index (κ3) is 3.61. The molecule has 5 nitrogen and oxygen atoms in total. The average Bonchev–Trinajstić information content (AvgIpc) is 2.43. The Hall–Kier alpha value is -1.44. The van der Waals surface area contributed by atoms with Gasteiger partial charge in [0.25, 0.3) is 5.69 Å². The fraction of sp³-hybridized carbons (Fsp3) is 0.0769. The molecule has 0 fully saturated rings. The Labute approximate surface area is 136 Å². The van der Waals surface area contributed by atoms with Gasteiger partial charge in [-0.3, -0.25) is 14.3 Å². The molecule has 110 valence electrons. The minimum atomic E-state index is -1.38. The third-order valence-corrected chi connectivity index (χ3v) is 5.37. The molecule has 0 aliphatic heterocycles. The second-order valence-electron chi connectivity index (χ2n) is 4.18. The molecule has 0 aliphatic carbocycles. The Morgan fingerprint density at radius 1 is 1.33 bits per heavy atom. The van der Waals surface area contributed by atoms with Crippen molar-refractivity contribution in [3.8, 4) is 0 Å². The Morgan fingerprint density at radius 2 is 2.05 bits per heavy atom. The Kier molecular flexibility index (Phi) is 4.97. The van der Waals surface area contributed by atoms with E-state index in [9.17, 15) is 14.3 Å². The van der Waals surface area contributed by atoms with Crippen LogP contribution in [0.5, 0.6) is 0 Å². The Balaban J connectivity index is 2.29. The summed E-state index contributed by atoms with van der Waals surface area (Å²) in [6, 6.07) is 9.38. The van der Waals surface area contributed by atoms with Crippen molar-refractivity contribution < 1.29 is 9.13 Å². The van der Waals surface area contributed by atoms with Crippen molar-refractivity contribution in [1.29, 1.82) is 0 Å². The van der Waals surface area contributed by atoms with E-state index >= 15 is 0 Å². The van der Waals surface area contributed by atoms with E-state index in [1.165, 1.54) is 12.1 Å². The Morgan fingerprint density at radius 3 is 2.67 bits per heavy atom. The summed E-state index contributed by atoms with van der Waals surface area (Å²) in [6.45, 7) is 0. The van der Waals surface area contributed by atoms with Gasteiger partial charge in [0.15, 0.2) is 0 Å². The lowest BCUT2D eigenvalue weighted by molar-refractivity contribution is -0.385. The van der Waals surface area contributed by atoms with Gasteiger partial charge in [-0.2, -0.15) is 0 Å². The van der Waals surface area contributed by atoms with Crippen LogP contribution in [0.25, 0.3) is 0 Å². The Bertz CT molecular complexity index is 739. The second kappa shape index (κ2) is 6.55. The van der Waals surface area contributed by atoms with Crippen LogP contribution in [-0.4, -0.2) is 9.13 Å². The first-order chi connectivity index (χ1) is 9.90. The minimum absolute atomic E-state index is 0.0557. The number of benzene rings is 2.